The summed E-state index contributed by atoms with van der Waals surface area (Å²) in [5.74, 6) is 0.936. The van der Waals surface area contributed by atoms with E-state index in [1.807, 2.05) is 26.8 Å². The maximum atomic E-state index is 11.2. The zero-order valence-electron chi connectivity index (χ0n) is 14.6. The van der Waals surface area contributed by atoms with Crippen LogP contribution >= 0.6 is 11.8 Å². The van der Waals surface area contributed by atoms with Crippen molar-refractivity contribution in [1.82, 2.24) is 14.8 Å². The highest BCUT2D eigenvalue weighted by molar-refractivity contribution is 7.99. The van der Waals surface area contributed by atoms with E-state index in [-0.39, 0.29) is 12.6 Å². The van der Waals surface area contributed by atoms with Gasteiger partial charge in [-0.15, -0.1) is 10.2 Å². The summed E-state index contributed by atoms with van der Waals surface area (Å²) in [6.45, 7) is 5.63. The Bertz CT molecular complexity index is 733. The third-order valence-corrected chi connectivity index (χ3v) is 3.95. The van der Waals surface area contributed by atoms with Gasteiger partial charge in [-0.2, -0.15) is 0 Å². The first kappa shape index (κ1) is 19.1. The summed E-state index contributed by atoms with van der Waals surface area (Å²) < 4.78 is 7.33. The Morgan fingerprint density at radius 3 is 2.76 bits per heavy atom. The molecule has 1 aromatic carbocycles. The number of carbonyl (C=O) groups is 1. The van der Waals surface area contributed by atoms with Gasteiger partial charge >= 0.3 is 5.97 Å². The Kier molecular flexibility index (Phi) is 6.65. The molecule has 2 rings (SSSR count). The van der Waals surface area contributed by atoms with E-state index in [9.17, 15) is 9.90 Å². The molecule has 0 spiro atoms. The van der Waals surface area contributed by atoms with Crippen LogP contribution in [0.2, 0.25) is 0 Å². The number of hydrogen-bond donors (Lipinski definition) is 2. The van der Waals surface area contributed by atoms with Crippen molar-refractivity contribution < 1.29 is 19.5 Å². The van der Waals surface area contributed by atoms with Gasteiger partial charge in [0.25, 0.3) is 0 Å². The summed E-state index contributed by atoms with van der Waals surface area (Å²) in [5.41, 5.74) is 4.12. The van der Waals surface area contributed by atoms with Crippen molar-refractivity contribution in [1.29, 1.82) is 0 Å². The molecule has 25 heavy (non-hydrogen) atoms. The molecule has 9 heteroatoms. The van der Waals surface area contributed by atoms with Gasteiger partial charge in [-0.05, 0) is 37.8 Å². The van der Waals surface area contributed by atoms with E-state index in [0.717, 1.165) is 5.75 Å². The predicted octanol–water partition coefficient (Wildman–Crippen LogP) is 2.90. The van der Waals surface area contributed by atoms with Crippen molar-refractivity contribution in [3.8, 4) is 17.1 Å². The zero-order valence-corrected chi connectivity index (χ0v) is 15.5. The van der Waals surface area contributed by atoms with Gasteiger partial charge in [-0.3, -0.25) is 19.7 Å². The third kappa shape index (κ3) is 4.86. The van der Waals surface area contributed by atoms with Crippen LogP contribution in [0.4, 0.5) is 5.69 Å². The van der Waals surface area contributed by atoms with Gasteiger partial charge < -0.3 is 9.84 Å². The average Bonchev–Trinajstić information content (AvgIpc) is 2.91. The molecule has 0 saturated heterocycles. The van der Waals surface area contributed by atoms with Crippen LogP contribution in [-0.2, 0) is 16.2 Å². The standard InChI is InChI=1S/C16H22N4O4S/c1-5-25-16-18-17-15(20(16)9-14(21)22)11-6-7-13(24-10(2)3)12(8-11)19-23-4/h6-8,10,19H,5,9H2,1-4H3,(H,21,22). The van der Waals surface area contributed by atoms with Gasteiger partial charge in [0.2, 0.25) is 0 Å². The van der Waals surface area contributed by atoms with Gasteiger partial charge in [0, 0.05) is 5.56 Å². The molecule has 0 aliphatic heterocycles. The molecule has 136 valence electrons. The number of rotatable bonds is 9. The van der Waals surface area contributed by atoms with Gasteiger partial charge in [-0.1, -0.05) is 18.7 Å². The van der Waals surface area contributed by atoms with Gasteiger partial charge in [0.15, 0.2) is 11.0 Å². The Hall–Kier alpha value is -2.26. The van der Waals surface area contributed by atoms with Gasteiger partial charge in [0.1, 0.15) is 18.0 Å². The molecule has 0 unspecified atom stereocenters. The lowest BCUT2D eigenvalue weighted by Crippen LogP contribution is -2.12. The third-order valence-electron chi connectivity index (χ3n) is 3.10. The molecule has 2 aromatic rings. The topological polar surface area (TPSA) is 98.5 Å². The summed E-state index contributed by atoms with van der Waals surface area (Å²) in [6, 6.07) is 5.41. The molecule has 0 saturated carbocycles. The van der Waals surface area contributed by atoms with Crippen LogP contribution < -0.4 is 10.2 Å². The molecule has 0 amide bonds. The number of carboxylic acids is 1. The molecule has 0 atom stereocenters. The van der Waals surface area contributed by atoms with E-state index in [4.69, 9.17) is 9.57 Å². The normalized spacial score (nSPS) is 10.9. The van der Waals surface area contributed by atoms with Crippen LogP contribution in [0.1, 0.15) is 20.8 Å². The number of ether oxygens (including phenoxy) is 1. The number of hydrogen-bond acceptors (Lipinski definition) is 7. The first-order chi connectivity index (χ1) is 12.0. The van der Waals surface area contributed by atoms with Crippen molar-refractivity contribution in [3.63, 3.8) is 0 Å². The summed E-state index contributed by atoms with van der Waals surface area (Å²) in [5, 5.41) is 18.0. The highest BCUT2D eigenvalue weighted by atomic mass is 32.2. The molecule has 0 radical (unpaired) electrons. The van der Waals surface area contributed by atoms with Crippen molar-refractivity contribution in [3.05, 3.63) is 18.2 Å². The van der Waals surface area contributed by atoms with Crippen LogP contribution in [0.3, 0.4) is 0 Å². The predicted molar refractivity (Wildman–Crippen MR) is 95.9 cm³/mol. The number of thioether (sulfide) groups is 1. The second-order valence-corrected chi connectivity index (χ2v) is 6.63. The second kappa shape index (κ2) is 8.72. The summed E-state index contributed by atoms with van der Waals surface area (Å²) in [6.07, 6.45) is 0.00600. The number of aromatic nitrogens is 3. The first-order valence-corrected chi connectivity index (χ1v) is 8.82. The van der Waals surface area contributed by atoms with Crippen LogP contribution in [-0.4, -0.2) is 44.8 Å². The number of benzene rings is 1. The maximum Gasteiger partial charge on any atom is 0.323 e. The van der Waals surface area contributed by atoms with Crippen molar-refractivity contribution in [2.45, 2.75) is 38.6 Å². The number of nitrogens with one attached hydrogen (secondary N) is 1. The molecule has 0 bridgehead atoms. The minimum absolute atomic E-state index is 0.00600. The largest absolute Gasteiger partial charge is 0.489 e. The Morgan fingerprint density at radius 2 is 2.16 bits per heavy atom. The van der Waals surface area contributed by atoms with E-state index in [2.05, 4.69) is 15.7 Å². The minimum Gasteiger partial charge on any atom is -0.489 e. The molecular formula is C16H22N4O4S. The molecule has 0 fully saturated rings. The molecule has 0 aliphatic rings. The monoisotopic (exact) mass is 366 g/mol. The number of aliphatic carboxylic acids is 1. The highest BCUT2D eigenvalue weighted by Crippen LogP contribution is 2.32. The SMILES string of the molecule is CCSc1nnc(-c2ccc(OC(C)C)c(NOC)c2)n1CC(=O)O. The quantitative estimate of drug-likeness (QED) is 0.516. The molecule has 1 heterocycles. The van der Waals surface area contributed by atoms with Crippen LogP contribution in [0, 0.1) is 0 Å². The lowest BCUT2D eigenvalue weighted by Gasteiger charge is -2.16. The Labute approximate surface area is 150 Å². The van der Waals surface area contributed by atoms with E-state index >= 15 is 0 Å². The number of nitrogens with zero attached hydrogens (tertiary/aromatic N) is 3. The van der Waals surface area contributed by atoms with E-state index in [1.54, 1.807) is 16.7 Å². The van der Waals surface area contributed by atoms with Crippen molar-refractivity contribution in [2.75, 3.05) is 18.3 Å². The number of carboxylic acid groups (broad SMARTS) is 1. The van der Waals surface area contributed by atoms with Gasteiger partial charge in [0.05, 0.1) is 13.2 Å². The average molecular weight is 366 g/mol. The Morgan fingerprint density at radius 1 is 1.40 bits per heavy atom. The lowest BCUT2D eigenvalue weighted by molar-refractivity contribution is -0.137. The minimum atomic E-state index is -0.950. The Balaban J connectivity index is 2.46. The van der Waals surface area contributed by atoms with Gasteiger partial charge in [-0.25, -0.2) is 0 Å². The van der Waals surface area contributed by atoms with E-state index in [1.165, 1.54) is 18.9 Å². The fourth-order valence-corrected chi connectivity index (χ4v) is 2.90. The van der Waals surface area contributed by atoms with Crippen LogP contribution in [0.5, 0.6) is 5.75 Å². The van der Waals surface area contributed by atoms with Crippen LogP contribution in [0.15, 0.2) is 23.4 Å². The number of anilines is 1. The molecule has 2 N–H and O–H groups in total. The molecule has 8 nitrogen and oxygen atoms in total. The van der Waals surface area contributed by atoms with Crippen molar-refractivity contribution in [2.24, 2.45) is 0 Å². The highest BCUT2D eigenvalue weighted by Gasteiger charge is 2.18. The lowest BCUT2D eigenvalue weighted by atomic mass is 10.1. The summed E-state index contributed by atoms with van der Waals surface area (Å²) in [4.78, 5) is 16.2. The molecular weight excluding hydrogens is 344 g/mol. The van der Waals surface area contributed by atoms with Crippen molar-refractivity contribution >= 4 is 23.4 Å². The zero-order chi connectivity index (χ0) is 18.4. The smallest absolute Gasteiger partial charge is 0.323 e. The van der Waals surface area contributed by atoms with Crippen LogP contribution in [0.25, 0.3) is 11.4 Å². The van der Waals surface area contributed by atoms with E-state index in [0.29, 0.717) is 28.0 Å². The summed E-state index contributed by atoms with van der Waals surface area (Å²) in [7, 11) is 1.51. The van der Waals surface area contributed by atoms with E-state index < -0.39 is 5.97 Å². The fourth-order valence-electron chi connectivity index (χ4n) is 2.23. The maximum absolute atomic E-state index is 11.2. The fraction of sp³-hybridized carbons (Fsp3) is 0.438. The summed E-state index contributed by atoms with van der Waals surface area (Å²) >= 11 is 1.45. The second-order valence-electron chi connectivity index (χ2n) is 5.40. The molecule has 1 aromatic heterocycles. The first-order valence-electron chi connectivity index (χ1n) is 7.84. The molecule has 0 aliphatic carbocycles.